The van der Waals surface area contributed by atoms with Crippen LogP contribution in [0.4, 0.5) is 0 Å². The van der Waals surface area contributed by atoms with Gasteiger partial charge in [0.2, 0.25) is 0 Å². The number of aromatic nitrogens is 1. The second-order valence-electron chi connectivity index (χ2n) is 10.6. The average Bonchev–Trinajstić information content (AvgIpc) is 3.38. The van der Waals surface area contributed by atoms with Crippen LogP contribution in [0.15, 0.2) is 11.0 Å². The van der Waals surface area contributed by atoms with Gasteiger partial charge in [0, 0.05) is 17.7 Å². The number of ether oxygens (including phenoxy) is 2. The van der Waals surface area contributed by atoms with Gasteiger partial charge in [-0.25, -0.2) is 4.98 Å². The first-order chi connectivity index (χ1) is 15.9. The number of carbonyl (C=O) groups is 2. The Bertz CT molecular complexity index is 909. The van der Waals surface area contributed by atoms with Crippen molar-refractivity contribution >= 4 is 29.2 Å². The zero-order valence-corrected chi connectivity index (χ0v) is 21.9. The van der Waals surface area contributed by atoms with E-state index in [1.54, 1.807) is 32.1 Å². The number of thiazole rings is 1. The first-order valence-corrected chi connectivity index (χ1v) is 13.1. The van der Waals surface area contributed by atoms with E-state index in [0.29, 0.717) is 6.42 Å². The monoisotopic (exact) mass is 515 g/mol. The average molecular weight is 515 g/mol. The van der Waals surface area contributed by atoms with Crippen molar-refractivity contribution in [2.24, 2.45) is 17.3 Å². The lowest BCUT2D eigenvalue weighted by Crippen LogP contribution is -2.45. The van der Waals surface area contributed by atoms with E-state index in [1.165, 1.54) is 0 Å². The maximum Gasteiger partial charge on any atom is 0.309 e. The number of hydrogen-bond donors (Lipinski definition) is 2. The highest BCUT2D eigenvalue weighted by Gasteiger charge is 2.44. The van der Waals surface area contributed by atoms with Crippen molar-refractivity contribution in [1.82, 2.24) is 4.98 Å². The van der Waals surface area contributed by atoms with E-state index in [1.807, 2.05) is 32.2 Å². The predicted octanol–water partition coefficient (Wildman–Crippen LogP) is 4.09. The van der Waals surface area contributed by atoms with Crippen LogP contribution in [0.25, 0.3) is 6.08 Å². The molecule has 0 spiro atoms. The smallest absolute Gasteiger partial charge is 0.309 e. The molecule has 8 atom stereocenters. The van der Waals surface area contributed by atoms with E-state index >= 15 is 0 Å². The summed E-state index contributed by atoms with van der Waals surface area (Å²) in [6.07, 6.45) is 2.28. The molecule has 7 nitrogen and oxygen atoms in total. The van der Waals surface area contributed by atoms with Crippen LogP contribution >= 0.6 is 11.3 Å². The van der Waals surface area contributed by atoms with E-state index in [2.05, 4.69) is 4.98 Å². The third kappa shape index (κ3) is 6.53. The Labute approximate surface area is 206 Å². The van der Waals surface area contributed by atoms with Crippen molar-refractivity contribution in [1.29, 1.82) is 0 Å². The van der Waals surface area contributed by atoms with Gasteiger partial charge in [-0.3, -0.25) is 9.59 Å². The molecule has 2 saturated heterocycles. The van der Waals surface area contributed by atoms with E-state index in [0.717, 1.165) is 35.5 Å². The third-order valence-corrected chi connectivity index (χ3v) is 8.20. The molecule has 2 fully saturated rings. The number of fused-ring (bicyclic) bond motifs is 1. The summed E-state index contributed by atoms with van der Waals surface area (Å²) in [5.74, 6) is -1.52. The normalized spacial score (nSPS) is 38.8. The zero-order valence-electron chi connectivity index (χ0n) is 21.1. The van der Waals surface area contributed by atoms with Gasteiger partial charge in [0.1, 0.15) is 11.9 Å². The number of aliphatic hydroxyl groups is 2. The molecule has 3 heterocycles. The summed E-state index contributed by atoms with van der Waals surface area (Å²) in [5.41, 5.74) is 0.494. The molecule has 0 aliphatic carbocycles. The molecule has 34 heavy (non-hydrogen) atoms. The number of aliphatic hydroxyl groups excluding tert-OH is 2. The number of carbonyl (C=O) groups excluding carboxylic acids is 2. The van der Waals surface area contributed by atoms with Gasteiger partial charge in [-0.1, -0.05) is 34.1 Å². The van der Waals surface area contributed by atoms with Gasteiger partial charge >= 0.3 is 5.97 Å². The predicted molar refractivity (Wildman–Crippen MR) is 131 cm³/mol. The molecule has 1 aromatic rings. The Kier molecular flexibility index (Phi) is 8.71. The lowest BCUT2D eigenvalue weighted by atomic mass is 10.5. The zero-order chi connectivity index (χ0) is 25.2. The fourth-order valence-corrected chi connectivity index (χ4v) is 5.35. The lowest BCUT2D eigenvalue weighted by Gasteiger charge is -2.34. The third-order valence-electron chi connectivity index (χ3n) is 7.41. The Balaban J connectivity index is 1.81. The number of nitrogens with zero attached hydrogens (tertiary/aromatic N) is 1. The van der Waals surface area contributed by atoms with Crippen molar-refractivity contribution < 1.29 is 29.3 Å². The minimum Gasteiger partial charge on any atom is -0.458 e. The van der Waals surface area contributed by atoms with Crippen molar-refractivity contribution in [3.05, 3.63) is 21.7 Å². The van der Waals surface area contributed by atoms with Crippen molar-refractivity contribution in [3.63, 3.8) is 0 Å². The fraction of sp³-hybridized carbons (Fsp3) is 0.731. The molecule has 8 heteroatoms. The van der Waals surface area contributed by atoms with Gasteiger partial charge in [-0.15, -0.1) is 11.3 Å². The number of Topliss-reactive ketones (excluding diaryl/α,β-unsaturated/α-hetero) is 1. The number of epoxide rings is 1. The van der Waals surface area contributed by atoms with Gasteiger partial charge < -0.3 is 19.7 Å². The van der Waals surface area contributed by atoms with Crippen molar-refractivity contribution in [2.45, 2.75) is 104 Å². The molecular formula is C26H39NO6S. The summed E-state index contributed by atoms with van der Waals surface area (Å²) in [6.45, 7) is 10.8. The highest BCUT2D eigenvalue weighted by molar-refractivity contribution is 7.09. The second-order valence-corrected chi connectivity index (χ2v) is 11.7. The minimum absolute atomic E-state index is 0.00770. The summed E-state index contributed by atoms with van der Waals surface area (Å²) in [7, 11) is 0. The van der Waals surface area contributed by atoms with Crippen LogP contribution in [0.2, 0.25) is 0 Å². The van der Waals surface area contributed by atoms with Gasteiger partial charge in [0.05, 0.1) is 47.0 Å². The standard InChI is InChI=1S/C26H39NO6S/c1-14-8-7-9-19-21(32-19)11-20(15(2)10-18-13-34-17(4)27-18)33-23(29)12-22(28)26(5,6)25(31)16(3)24(14)30/h10,13-14,16,19-22,24,28,30H,7-9,11-12H2,1-6H3/b15-10+/t14?,16?,19-,20?,21+,22?,24?/m1/s1/i1+1,2+1,3+1,4+1,5+1,7+1,8+1,9+1,11+1,12+1,14+1,15+1,16+1,17+1,19+1,20+1,21+1,22+1,23+1,24+1,25+1,26+1/t14?,16?,19-,20?,21+,22?,24?,26?. The molecule has 0 aromatic carbocycles. The maximum absolute atomic E-state index is 13.2. The molecule has 0 amide bonds. The molecular weight excluding hydrogens is 476 g/mol. The van der Waals surface area contributed by atoms with E-state index in [9.17, 15) is 19.8 Å². The van der Waals surface area contributed by atoms with Crippen LogP contribution in [0.1, 0.15) is 77.4 Å². The summed E-state index contributed by atoms with van der Waals surface area (Å²) in [6, 6.07) is 0. The highest BCUT2D eigenvalue weighted by atomic mass is 32.1. The summed E-state index contributed by atoms with van der Waals surface area (Å²) in [4.78, 5) is 30.5. The Morgan fingerprint density at radius 2 is 1.91 bits per heavy atom. The van der Waals surface area contributed by atoms with Gasteiger partial charge in [0.15, 0.2) is 0 Å². The van der Waals surface area contributed by atoms with Crippen LogP contribution < -0.4 is 0 Å². The molecule has 0 radical (unpaired) electrons. The van der Waals surface area contributed by atoms with Crippen LogP contribution in [0, 0.1) is 24.2 Å². The van der Waals surface area contributed by atoms with Crippen molar-refractivity contribution in [2.75, 3.05) is 0 Å². The Hall–Kier alpha value is -1.61. The summed E-state index contributed by atoms with van der Waals surface area (Å²) < 4.78 is 11.7. The highest BCUT2D eigenvalue weighted by Crippen LogP contribution is 2.36. The van der Waals surface area contributed by atoms with Crippen LogP contribution in [0.5, 0.6) is 0 Å². The Morgan fingerprint density at radius 3 is 2.56 bits per heavy atom. The number of cyclic esters (lactones) is 1. The Morgan fingerprint density at radius 1 is 1.21 bits per heavy atom. The summed E-state index contributed by atoms with van der Waals surface area (Å²) in [5, 5.41) is 24.5. The molecule has 1 aromatic heterocycles. The first-order valence-electron chi connectivity index (χ1n) is 12.3. The van der Waals surface area contributed by atoms with E-state index in [-0.39, 0.29) is 30.3 Å². The number of hydrogen-bond acceptors (Lipinski definition) is 8. The van der Waals surface area contributed by atoms with Gasteiger partial charge in [-0.05, 0) is 44.3 Å². The number of ketones is 1. The number of aryl methyl sites for hydroxylation is 1. The summed E-state index contributed by atoms with van der Waals surface area (Å²) >= 11 is 1.56. The second kappa shape index (κ2) is 11.0. The molecule has 0 saturated carbocycles. The van der Waals surface area contributed by atoms with Crippen LogP contribution in [0.3, 0.4) is 0 Å². The fourth-order valence-electron chi connectivity index (χ4n) is 4.78. The van der Waals surface area contributed by atoms with Crippen LogP contribution in [-0.4, -0.2) is 57.5 Å². The van der Waals surface area contributed by atoms with Gasteiger partial charge in [-0.2, -0.15) is 0 Å². The molecule has 3 rings (SSSR count). The largest absolute Gasteiger partial charge is 0.458 e. The van der Waals surface area contributed by atoms with Crippen molar-refractivity contribution in [3.8, 4) is 0 Å². The molecule has 6 unspecified atom stereocenters. The number of rotatable bonds is 2. The molecule has 190 valence electrons. The first kappa shape index (κ1) is 27.0. The maximum atomic E-state index is 13.2. The molecule has 2 N–H and O–H groups in total. The van der Waals surface area contributed by atoms with E-state index in [4.69, 9.17) is 9.47 Å². The van der Waals surface area contributed by atoms with Crippen LogP contribution in [-0.2, 0) is 19.1 Å². The minimum atomic E-state index is -1.22. The molecule has 2 aliphatic heterocycles. The molecule has 0 bridgehead atoms. The quantitative estimate of drug-likeness (QED) is 0.347. The van der Waals surface area contributed by atoms with Gasteiger partial charge in [0.25, 0.3) is 0 Å². The SMILES string of the molecule is C[13C]1([13CH3])[13C](=O)[13CH]([13CH3])[13CH](O)[13CH]([13CH3])[13CH2][13CH2][13CH2][13C@H]2O[13C@H]2[13CH2][13CH](/[13C]([13CH3])=C/c2cs[13c]([13CH3])n2)O[13C](=O)[13CH2][13CH]1O. The van der Waals surface area contributed by atoms with E-state index < -0.39 is 35.6 Å². The molecule has 2 aliphatic rings. The number of esters is 1. The lowest BCUT2D eigenvalue weighted by molar-refractivity contribution is -0.154. The topological polar surface area (TPSA) is 109 Å².